The van der Waals surface area contributed by atoms with Gasteiger partial charge in [-0.25, -0.2) is 4.79 Å². The Morgan fingerprint density at radius 2 is 2.00 bits per heavy atom. The van der Waals surface area contributed by atoms with E-state index in [0.717, 1.165) is 7.11 Å². The van der Waals surface area contributed by atoms with Crippen molar-refractivity contribution in [3.05, 3.63) is 0 Å². The van der Waals surface area contributed by atoms with Crippen LogP contribution in [0.4, 0.5) is 0 Å². The van der Waals surface area contributed by atoms with Gasteiger partial charge in [0.05, 0.1) is 12.6 Å². The molecule has 0 atom stereocenters. The maximum Gasteiger partial charge on any atom is 0.396 e. The van der Waals surface area contributed by atoms with Gasteiger partial charge in [-0.1, -0.05) is 5.92 Å². The first-order chi connectivity index (χ1) is 5.43. The molecular formula is C8H11NO3. The second kappa shape index (κ2) is 3.77. The summed E-state index contributed by atoms with van der Waals surface area (Å²) in [5, 5.41) is 2.31. The number of methoxy groups -OCH3 is 1. The number of nitrogens with one attached hydrogen (secondary N) is 1. The Balaban J connectivity index is 4.21. The van der Waals surface area contributed by atoms with Gasteiger partial charge in [-0.2, -0.15) is 0 Å². The molecule has 0 aliphatic heterocycles. The fourth-order valence-electron chi connectivity index (χ4n) is 0.464. The van der Waals surface area contributed by atoms with E-state index in [1.54, 1.807) is 13.8 Å². The molecule has 0 saturated carbocycles. The van der Waals surface area contributed by atoms with Crippen molar-refractivity contribution in [2.45, 2.75) is 19.4 Å². The van der Waals surface area contributed by atoms with Crippen molar-refractivity contribution < 1.29 is 14.3 Å². The van der Waals surface area contributed by atoms with Gasteiger partial charge in [-0.15, -0.1) is 6.42 Å². The summed E-state index contributed by atoms with van der Waals surface area (Å²) in [5.74, 6) is 0.533. The molecule has 0 heterocycles. The van der Waals surface area contributed by atoms with E-state index in [2.05, 4.69) is 16.0 Å². The third kappa shape index (κ3) is 3.06. The largest absolute Gasteiger partial charge is 0.462 e. The van der Waals surface area contributed by atoms with Crippen molar-refractivity contribution in [1.29, 1.82) is 0 Å². The Kier molecular flexibility index (Phi) is 3.30. The maximum absolute atomic E-state index is 10.9. The lowest BCUT2D eigenvalue weighted by Gasteiger charge is -2.17. The fourth-order valence-corrected chi connectivity index (χ4v) is 0.464. The zero-order valence-electron chi connectivity index (χ0n) is 7.30. The second-order valence-corrected chi connectivity index (χ2v) is 2.72. The maximum atomic E-state index is 10.9. The molecule has 0 aromatic heterocycles. The normalized spacial score (nSPS) is 9.83. The first-order valence-corrected chi connectivity index (χ1v) is 3.31. The first kappa shape index (κ1) is 10.5. The summed E-state index contributed by atoms with van der Waals surface area (Å²) in [6.45, 7) is 3.21. The van der Waals surface area contributed by atoms with Crippen molar-refractivity contribution in [2.75, 3.05) is 7.11 Å². The molecule has 4 nitrogen and oxygen atoms in total. The van der Waals surface area contributed by atoms with Crippen LogP contribution in [0, 0.1) is 12.3 Å². The molecule has 4 heteroatoms. The lowest BCUT2D eigenvalue weighted by molar-refractivity contribution is -0.153. The first-order valence-electron chi connectivity index (χ1n) is 3.31. The molecular weight excluding hydrogens is 158 g/mol. The van der Waals surface area contributed by atoms with Crippen molar-refractivity contribution in [2.24, 2.45) is 0 Å². The van der Waals surface area contributed by atoms with Crippen LogP contribution in [0.3, 0.4) is 0 Å². The predicted molar refractivity (Wildman–Crippen MR) is 43.1 cm³/mol. The van der Waals surface area contributed by atoms with E-state index < -0.39 is 17.4 Å². The minimum Gasteiger partial charge on any atom is -0.462 e. The van der Waals surface area contributed by atoms with E-state index in [0.29, 0.717) is 0 Å². The average molecular weight is 169 g/mol. The highest BCUT2D eigenvalue weighted by atomic mass is 16.5. The van der Waals surface area contributed by atoms with Gasteiger partial charge in [0.15, 0.2) is 0 Å². The van der Waals surface area contributed by atoms with Gasteiger partial charge >= 0.3 is 11.9 Å². The Morgan fingerprint density at radius 1 is 1.50 bits per heavy atom. The van der Waals surface area contributed by atoms with Crippen LogP contribution in [0.15, 0.2) is 0 Å². The number of carbonyl (C=O) groups is 2. The van der Waals surface area contributed by atoms with E-state index in [1.165, 1.54) is 0 Å². The van der Waals surface area contributed by atoms with E-state index in [9.17, 15) is 9.59 Å². The molecule has 0 saturated heterocycles. The zero-order chi connectivity index (χ0) is 9.78. The summed E-state index contributed by atoms with van der Waals surface area (Å²) < 4.78 is 4.18. The van der Waals surface area contributed by atoms with Crippen LogP contribution < -0.4 is 5.32 Å². The number of terminal acetylenes is 1. The minimum atomic E-state index is -0.946. The van der Waals surface area contributed by atoms with Crippen LogP contribution in [-0.4, -0.2) is 24.5 Å². The summed E-state index contributed by atoms with van der Waals surface area (Å²) in [4.78, 5) is 21.5. The van der Waals surface area contributed by atoms with Crippen molar-refractivity contribution in [3.63, 3.8) is 0 Å². The number of hydrogen-bond donors (Lipinski definition) is 1. The van der Waals surface area contributed by atoms with Crippen molar-refractivity contribution in [3.8, 4) is 12.3 Å². The van der Waals surface area contributed by atoms with E-state index >= 15 is 0 Å². The van der Waals surface area contributed by atoms with E-state index in [4.69, 9.17) is 6.42 Å². The molecule has 12 heavy (non-hydrogen) atoms. The minimum absolute atomic E-state index is 0.828. The van der Waals surface area contributed by atoms with Gasteiger partial charge in [0.2, 0.25) is 0 Å². The highest BCUT2D eigenvalue weighted by Gasteiger charge is 2.22. The van der Waals surface area contributed by atoms with Gasteiger partial charge in [0.1, 0.15) is 0 Å². The molecule has 0 fully saturated rings. The smallest absolute Gasteiger partial charge is 0.396 e. The summed E-state index contributed by atoms with van der Waals surface area (Å²) in [6, 6.07) is 0. The molecule has 0 rings (SSSR count). The third-order valence-corrected chi connectivity index (χ3v) is 1.16. The highest BCUT2D eigenvalue weighted by Crippen LogP contribution is 1.98. The van der Waals surface area contributed by atoms with E-state index in [1.807, 2.05) is 0 Å². The van der Waals surface area contributed by atoms with Crippen LogP contribution in [0.1, 0.15) is 13.8 Å². The van der Waals surface area contributed by atoms with Gasteiger partial charge in [-0.05, 0) is 13.8 Å². The fraction of sp³-hybridized carbons (Fsp3) is 0.500. The lowest BCUT2D eigenvalue weighted by atomic mass is 10.1. The number of esters is 1. The van der Waals surface area contributed by atoms with Crippen molar-refractivity contribution >= 4 is 11.9 Å². The molecule has 0 aromatic carbocycles. The second-order valence-electron chi connectivity index (χ2n) is 2.72. The highest BCUT2D eigenvalue weighted by molar-refractivity contribution is 6.32. The third-order valence-electron chi connectivity index (χ3n) is 1.16. The summed E-state index contributed by atoms with van der Waals surface area (Å²) >= 11 is 0. The van der Waals surface area contributed by atoms with Gasteiger partial charge in [0.25, 0.3) is 0 Å². The molecule has 0 aromatic rings. The van der Waals surface area contributed by atoms with Gasteiger partial charge in [0, 0.05) is 0 Å². The number of carbonyl (C=O) groups excluding carboxylic acids is 2. The Labute approximate surface area is 71.3 Å². The van der Waals surface area contributed by atoms with Crippen LogP contribution in [0.2, 0.25) is 0 Å². The Hall–Kier alpha value is -1.50. The molecule has 0 bridgehead atoms. The van der Waals surface area contributed by atoms with E-state index in [-0.39, 0.29) is 0 Å². The van der Waals surface area contributed by atoms with Crippen LogP contribution in [0.25, 0.3) is 0 Å². The predicted octanol–water partition coefficient (Wildman–Crippen LogP) is -0.313. The van der Waals surface area contributed by atoms with Gasteiger partial charge in [-0.3, -0.25) is 4.79 Å². The summed E-state index contributed by atoms with van der Waals surface area (Å²) in [7, 11) is 1.13. The molecule has 0 radical (unpaired) electrons. The molecule has 0 aliphatic rings. The molecule has 0 aliphatic carbocycles. The molecule has 0 unspecified atom stereocenters. The zero-order valence-corrected chi connectivity index (χ0v) is 7.30. The summed E-state index contributed by atoms with van der Waals surface area (Å²) in [5.41, 5.74) is -0.828. The lowest BCUT2D eigenvalue weighted by Crippen LogP contribution is -2.45. The molecule has 66 valence electrons. The molecule has 0 spiro atoms. The summed E-state index contributed by atoms with van der Waals surface area (Å²) in [6.07, 6.45) is 5.08. The van der Waals surface area contributed by atoms with Crippen LogP contribution >= 0.6 is 0 Å². The Bertz CT molecular complexity index is 237. The van der Waals surface area contributed by atoms with Gasteiger partial charge < -0.3 is 10.1 Å². The average Bonchev–Trinajstić information content (AvgIpc) is 2.02. The van der Waals surface area contributed by atoms with Crippen molar-refractivity contribution in [1.82, 2.24) is 5.32 Å². The molecule has 1 N–H and O–H groups in total. The number of hydrogen-bond acceptors (Lipinski definition) is 3. The number of ether oxygens (including phenoxy) is 1. The number of amides is 1. The topological polar surface area (TPSA) is 55.4 Å². The monoisotopic (exact) mass is 169 g/mol. The standard InChI is InChI=1S/C8H11NO3/c1-5-8(2,3)9-6(10)7(11)12-4/h1H,2-4H3,(H,9,10). The Morgan fingerprint density at radius 3 is 2.33 bits per heavy atom. The van der Waals surface area contributed by atoms with Crippen LogP contribution in [-0.2, 0) is 14.3 Å². The number of rotatable bonds is 1. The SMILES string of the molecule is C#CC(C)(C)NC(=O)C(=O)OC. The quantitative estimate of drug-likeness (QED) is 0.333. The molecule has 1 amide bonds. The van der Waals surface area contributed by atoms with Crippen LogP contribution in [0.5, 0.6) is 0 Å².